The lowest BCUT2D eigenvalue weighted by molar-refractivity contribution is 0.101. The van der Waals surface area contributed by atoms with Crippen molar-refractivity contribution in [1.82, 2.24) is 0 Å². The summed E-state index contributed by atoms with van der Waals surface area (Å²) in [5.41, 5.74) is -0.574. The molecule has 7 heteroatoms. The minimum atomic E-state index is -1.68. The Kier molecular flexibility index (Phi) is 5.46. The number of halogens is 4. The summed E-state index contributed by atoms with van der Waals surface area (Å²) in [6.07, 6.45) is 2.15. The molecule has 0 radical (unpaired) electrons. The van der Waals surface area contributed by atoms with Gasteiger partial charge in [-0.05, 0) is 32.0 Å². The maximum atomic E-state index is 14.1. The van der Waals surface area contributed by atoms with Gasteiger partial charge in [0.25, 0.3) is 0 Å². The monoisotopic (exact) mass is 354 g/mol. The minimum Gasteiger partial charge on any atom is -0.493 e. The molecule has 0 amide bonds. The molecular formula is C18H14F4O3. The molecule has 0 aliphatic carbocycles. The fourth-order valence-electron chi connectivity index (χ4n) is 2.11. The average Bonchev–Trinajstić information content (AvgIpc) is 2.60. The highest BCUT2D eigenvalue weighted by Crippen LogP contribution is 2.37. The zero-order valence-electron chi connectivity index (χ0n) is 13.6. The molecule has 25 heavy (non-hydrogen) atoms. The number of carbonyl (C=O) groups is 1. The van der Waals surface area contributed by atoms with Crippen LogP contribution in [-0.4, -0.2) is 12.9 Å². The van der Waals surface area contributed by atoms with Crippen LogP contribution in [-0.2, 0) is 0 Å². The summed E-state index contributed by atoms with van der Waals surface area (Å²) in [5, 5.41) is 0. The number of rotatable bonds is 5. The highest BCUT2D eigenvalue weighted by atomic mass is 19.2. The average molecular weight is 354 g/mol. The van der Waals surface area contributed by atoms with Gasteiger partial charge in [0.2, 0.25) is 17.4 Å². The number of Topliss-reactive ketones (excluding diaryl/α,β-unsaturated/α-hetero) is 1. The molecule has 0 fully saturated rings. The third-order valence-corrected chi connectivity index (χ3v) is 3.37. The van der Waals surface area contributed by atoms with Crippen LogP contribution in [0.15, 0.2) is 24.3 Å². The molecule has 0 heterocycles. The van der Waals surface area contributed by atoms with Crippen LogP contribution in [0.5, 0.6) is 17.2 Å². The predicted molar refractivity (Wildman–Crippen MR) is 84.1 cm³/mol. The van der Waals surface area contributed by atoms with E-state index >= 15 is 0 Å². The molecule has 132 valence electrons. The minimum absolute atomic E-state index is 0.0233. The molecular weight excluding hydrogens is 340 g/mol. The Morgan fingerprint density at radius 3 is 2.08 bits per heavy atom. The Bertz CT molecular complexity index is 831. The molecule has 2 aromatic carbocycles. The molecule has 0 atom stereocenters. The molecule has 0 saturated heterocycles. The largest absolute Gasteiger partial charge is 0.493 e. The zero-order valence-corrected chi connectivity index (χ0v) is 13.6. The van der Waals surface area contributed by atoms with Crippen molar-refractivity contribution in [2.75, 3.05) is 7.11 Å². The molecule has 0 aliphatic heterocycles. The van der Waals surface area contributed by atoms with Crippen LogP contribution in [0.25, 0.3) is 6.08 Å². The van der Waals surface area contributed by atoms with E-state index < -0.39 is 34.6 Å². The van der Waals surface area contributed by atoms with Crippen molar-refractivity contribution < 1.29 is 31.8 Å². The molecule has 0 N–H and O–H groups in total. The Labute approximate surface area is 141 Å². The third-order valence-electron chi connectivity index (χ3n) is 3.37. The van der Waals surface area contributed by atoms with Crippen LogP contribution in [0.2, 0.25) is 0 Å². The lowest BCUT2D eigenvalue weighted by Crippen LogP contribution is -2.04. The number of hydrogen-bond donors (Lipinski definition) is 0. The van der Waals surface area contributed by atoms with Crippen LogP contribution in [0.1, 0.15) is 29.8 Å². The van der Waals surface area contributed by atoms with E-state index in [1.54, 1.807) is 0 Å². The number of allylic oxidation sites excluding steroid dienone is 1. The van der Waals surface area contributed by atoms with E-state index in [1.165, 1.54) is 45.2 Å². The lowest BCUT2D eigenvalue weighted by Gasteiger charge is -2.14. The molecule has 0 saturated carbocycles. The summed E-state index contributed by atoms with van der Waals surface area (Å²) >= 11 is 0. The number of benzene rings is 2. The quantitative estimate of drug-likeness (QED) is 0.416. The van der Waals surface area contributed by atoms with Gasteiger partial charge in [-0.1, -0.05) is 12.2 Å². The first-order valence-electron chi connectivity index (χ1n) is 7.17. The second-order valence-corrected chi connectivity index (χ2v) is 5.02. The third kappa shape index (κ3) is 3.50. The molecule has 2 aromatic rings. The van der Waals surface area contributed by atoms with Crippen LogP contribution in [0.3, 0.4) is 0 Å². The first-order valence-corrected chi connectivity index (χ1v) is 7.17. The smallest absolute Gasteiger partial charge is 0.205 e. The summed E-state index contributed by atoms with van der Waals surface area (Å²) in [7, 11) is 1.25. The van der Waals surface area contributed by atoms with Crippen LogP contribution >= 0.6 is 0 Å². The Morgan fingerprint density at radius 2 is 1.60 bits per heavy atom. The van der Waals surface area contributed by atoms with Gasteiger partial charge in [0, 0.05) is 5.56 Å². The van der Waals surface area contributed by atoms with E-state index in [0.717, 1.165) is 6.08 Å². The second kappa shape index (κ2) is 7.38. The maximum absolute atomic E-state index is 14.1. The summed E-state index contributed by atoms with van der Waals surface area (Å²) in [4.78, 5) is 11.4. The van der Waals surface area contributed by atoms with Gasteiger partial charge in [0.05, 0.1) is 12.7 Å². The number of hydrogen-bond acceptors (Lipinski definition) is 3. The van der Waals surface area contributed by atoms with Gasteiger partial charge in [0.1, 0.15) is 0 Å². The van der Waals surface area contributed by atoms with E-state index in [0.29, 0.717) is 0 Å². The summed E-state index contributed by atoms with van der Waals surface area (Å²) in [5.74, 6) is -8.24. The fraction of sp³-hybridized carbons (Fsp3) is 0.167. The number of ketones is 1. The van der Waals surface area contributed by atoms with Crippen LogP contribution in [0, 0.1) is 23.3 Å². The van der Waals surface area contributed by atoms with Crippen molar-refractivity contribution in [3.05, 3.63) is 58.7 Å². The second-order valence-electron chi connectivity index (χ2n) is 5.02. The predicted octanol–water partition coefficient (Wildman–Crippen LogP) is 5.28. The van der Waals surface area contributed by atoms with Crippen molar-refractivity contribution in [2.45, 2.75) is 13.8 Å². The van der Waals surface area contributed by atoms with Crippen molar-refractivity contribution in [2.24, 2.45) is 0 Å². The van der Waals surface area contributed by atoms with Gasteiger partial charge in [-0.3, -0.25) is 4.79 Å². The van der Waals surface area contributed by atoms with Gasteiger partial charge in [-0.2, -0.15) is 8.78 Å². The van der Waals surface area contributed by atoms with E-state index in [-0.39, 0.29) is 22.8 Å². The van der Waals surface area contributed by atoms with Crippen LogP contribution in [0.4, 0.5) is 17.6 Å². The van der Waals surface area contributed by atoms with Crippen molar-refractivity contribution >= 4 is 11.9 Å². The highest BCUT2D eigenvalue weighted by Gasteiger charge is 2.26. The first-order chi connectivity index (χ1) is 11.8. The number of methoxy groups -OCH3 is 1. The van der Waals surface area contributed by atoms with Crippen molar-refractivity contribution in [3.8, 4) is 17.2 Å². The summed E-state index contributed by atoms with van der Waals surface area (Å²) in [6.45, 7) is 2.76. The molecule has 0 aromatic heterocycles. The molecule has 0 aliphatic rings. The normalized spacial score (nSPS) is 11.0. The molecule has 0 bridgehead atoms. The molecule has 3 nitrogen and oxygen atoms in total. The first kappa shape index (κ1) is 18.5. The van der Waals surface area contributed by atoms with Gasteiger partial charge in [0.15, 0.2) is 28.9 Å². The standard InChI is InChI=1S/C18H14F4O3/c1-4-5-11-14(19)16(21)18(17(22)15(11)20)25-12-7-6-10(9(2)23)8-13(12)24-3/h4-8H,1-3H3/b5-4+. The number of ether oxygens (including phenoxy) is 2. The van der Waals surface area contributed by atoms with Crippen molar-refractivity contribution in [3.63, 3.8) is 0 Å². The zero-order chi connectivity index (χ0) is 18.7. The summed E-state index contributed by atoms with van der Waals surface area (Å²) in [6, 6.07) is 3.83. The van der Waals surface area contributed by atoms with Crippen LogP contribution < -0.4 is 9.47 Å². The highest BCUT2D eigenvalue weighted by molar-refractivity contribution is 5.94. The van der Waals surface area contributed by atoms with Gasteiger partial charge >= 0.3 is 0 Å². The SMILES string of the molecule is C/C=C/c1c(F)c(F)c(Oc2ccc(C(C)=O)cc2OC)c(F)c1F. The maximum Gasteiger partial charge on any atom is 0.205 e. The van der Waals surface area contributed by atoms with Gasteiger partial charge in [-0.25, -0.2) is 8.78 Å². The van der Waals surface area contributed by atoms with E-state index in [4.69, 9.17) is 9.47 Å². The molecule has 0 spiro atoms. The number of carbonyl (C=O) groups excluding carboxylic acids is 1. The molecule has 2 rings (SSSR count). The summed E-state index contributed by atoms with van der Waals surface area (Å²) < 4.78 is 66.1. The van der Waals surface area contributed by atoms with Gasteiger partial charge in [-0.15, -0.1) is 0 Å². The topological polar surface area (TPSA) is 35.5 Å². The van der Waals surface area contributed by atoms with E-state index in [1.807, 2.05) is 0 Å². The van der Waals surface area contributed by atoms with E-state index in [9.17, 15) is 22.4 Å². The van der Waals surface area contributed by atoms with Crippen molar-refractivity contribution in [1.29, 1.82) is 0 Å². The Balaban J connectivity index is 2.56. The molecule has 0 unspecified atom stereocenters. The Morgan fingerprint density at radius 1 is 1.00 bits per heavy atom. The van der Waals surface area contributed by atoms with Gasteiger partial charge < -0.3 is 9.47 Å². The van der Waals surface area contributed by atoms with E-state index in [2.05, 4.69) is 0 Å². The Hall–Kier alpha value is -2.83. The lowest BCUT2D eigenvalue weighted by atomic mass is 10.1. The fourth-order valence-corrected chi connectivity index (χ4v) is 2.11.